The molecule has 0 aliphatic rings. The summed E-state index contributed by atoms with van der Waals surface area (Å²) in [7, 11) is 0. The van der Waals surface area contributed by atoms with Crippen molar-refractivity contribution >= 4 is 40.9 Å². The van der Waals surface area contributed by atoms with Crippen LogP contribution in [0.4, 0.5) is 5.69 Å². The van der Waals surface area contributed by atoms with Crippen LogP contribution >= 0.6 is 23.4 Å². The van der Waals surface area contributed by atoms with E-state index in [1.807, 2.05) is 62.4 Å². The second-order valence-electron chi connectivity index (χ2n) is 7.65. The number of anilines is 1. The molecule has 0 spiro atoms. The van der Waals surface area contributed by atoms with Crippen molar-refractivity contribution in [2.45, 2.75) is 44.8 Å². The number of hydrogen-bond acceptors (Lipinski definition) is 5. The topological polar surface area (TPSA) is 84.0 Å². The molecule has 0 aliphatic carbocycles. The van der Waals surface area contributed by atoms with E-state index in [1.54, 1.807) is 0 Å². The van der Waals surface area contributed by atoms with Gasteiger partial charge in [0.2, 0.25) is 5.91 Å². The maximum absolute atomic E-state index is 13.2. The Bertz CT molecular complexity index is 1120. The van der Waals surface area contributed by atoms with Gasteiger partial charge in [-0.15, -0.1) is 0 Å². The van der Waals surface area contributed by atoms with Crippen LogP contribution in [0.25, 0.3) is 0 Å². The van der Waals surface area contributed by atoms with Crippen LogP contribution in [0.3, 0.4) is 0 Å². The molecule has 3 aromatic rings. The van der Waals surface area contributed by atoms with Crippen LogP contribution in [0, 0.1) is 13.8 Å². The molecule has 1 heterocycles. The molecule has 6 nitrogen and oxygen atoms in total. The second kappa shape index (κ2) is 11.8. The number of aromatic nitrogens is 2. The number of nitrogens with zero attached hydrogens (tertiary/aromatic N) is 2. The first-order chi connectivity index (χ1) is 15.9. The molecular formula is C25H27ClN4O2S. The fourth-order valence-electron chi connectivity index (χ4n) is 3.17. The zero-order chi connectivity index (χ0) is 23.8. The molecule has 0 fully saturated rings. The maximum Gasteiger partial charge on any atom is 0.272 e. The number of carbonyl (C=O) groups is 2. The smallest absolute Gasteiger partial charge is 0.272 e. The minimum Gasteiger partial charge on any atom is -0.338 e. The summed E-state index contributed by atoms with van der Waals surface area (Å²) in [5.41, 5.74) is 3.74. The summed E-state index contributed by atoms with van der Waals surface area (Å²) in [6.07, 6.45) is 2.70. The van der Waals surface area contributed by atoms with E-state index in [0.29, 0.717) is 17.3 Å². The fraction of sp³-hybridized carbons (Fsp3) is 0.280. The van der Waals surface area contributed by atoms with Gasteiger partial charge in [0.1, 0.15) is 6.04 Å². The first kappa shape index (κ1) is 24.7. The van der Waals surface area contributed by atoms with Gasteiger partial charge in [0, 0.05) is 17.9 Å². The average Bonchev–Trinajstić information content (AvgIpc) is 2.81. The molecule has 2 N–H and O–H groups in total. The molecule has 0 aliphatic heterocycles. The maximum atomic E-state index is 13.2. The van der Waals surface area contributed by atoms with Crippen molar-refractivity contribution in [3.63, 3.8) is 0 Å². The minimum atomic E-state index is -0.822. The molecule has 1 aromatic heterocycles. The lowest BCUT2D eigenvalue weighted by molar-refractivity contribution is -0.118. The third kappa shape index (κ3) is 6.79. The summed E-state index contributed by atoms with van der Waals surface area (Å²) in [5, 5.41) is 6.40. The molecule has 8 heteroatoms. The van der Waals surface area contributed by atoms with Crippen LogP contribution in [-0.4, -0.2) is 33.6 Å². The van der Waals surface area contributed by atoms with Gasteiger partial charge < -0.3 is 10.6 Å². The third-order valence-electron chi connectivity index (χ3n) is 5.14. The zero-order valence-electron chi connectivity index (χ0n) is 18.9. The molecule has 2 aromatic carbocycles. The Kier molecular flexibility index (Phi) is 8.86. The number of hydrogen-bond donors (Lipinski definition) is 2. The normalized spacial score (nSPS) is 11.6. The number of benzene rings is 2. The van der Waals surface area contributed by atoms with E-state index in [1.165, 1.54) is 18.0 Å². The first-order valence-corrected chi connectivity index (χ1v) is 12.1. The van der Waals surface area contributed by atoms with Crippen molar-refractivity contribution in [2.75, 3.05) is 11.1 Å². The Balaban J connectivity index is 1.84. The van der Waals surface area contributed by atoms with Crippen LogP contribution in [0.2, 0.25) is 5.02 Å². The lowest BCUT2D eigenvalue weighted by Gasteiger charge is -2.20. The Hall–Kier alpha value is -2.90. The van der Waals surface area contributed by atoms with E-state index in [0.717, 1.165) is 28.9 Å². The quantitative estimate of drug-likeness (QED) is 0.322. The van der Waals surface area contributed by atoms with E-state index >= 15 is 0 Å². The van der Waals surface area contributed by atoms with Crippen molar-refractivity contribution in [2.24, 2.45) is 0 Å². The molecule has 33 heavy (non-hydrogen) atoms. The predicted molar refractivity (Wildman–Crippen MR) is 134 cm³/mol. The number of thioether (sulfide) groups is 1. The van der Waals surface area contributed by atoms with Crippen molar-refractivity contribution in [1.29, 1.82) is 0 Å². The van der Waals surface area contributed by atoms with Gasteiger partial charge in [-0.05, 0) is 43.0 Å². The highest BCUT2D eigenvalue weighted by Crippen LogP contribution is 2.21. The van der Waals surface area contributed by atoms with Crippen LogP contribution in [0.5, 0.6) is 0 Å². The monoisotopic (exact) mass is 482 g/mol. The summed E-state index contributed by atoms with van der Waals surface area (Å²) in [5.74, 6) is 0.00172. The van der Waals surface area contributed by atoms with E-state index in [9.17, 15) is 9.59 Å². The molecule has 0 bridgehead atoms. The SMILES string of the molecule is CCCSc1ncc(Cl)c(C(=O)N[C@@H](Cc2ccccc2)C(=O)Nc2cccc(C)c2C)n1. The largest absolute Gasteiger partial charge is 0.338 e. The lowest BCUT2D eigenvalue weighted by atomic mass is 10.0. The highest BCUT2D eigenvalue weighted by atomic mass is 35.5. The molecule has 0 saturated heterocycles. The van der Waals surface area contributed by atoms with Crippen molar-refractivity contribution < 1.29 is 9.59 Å². The highest BCUT2D eigenvalue weighted by molar-refractivity contribution is 7.99. The van der Waals surface area contributed by atoms with Gasteiger partial charge in [-0.2, -0.15) is 0 Å². The van der Waals surface area contributed by atoms with Crippen molar-refractivity contribution in [1.82, 2.24) is 15.3 Å². The number of carbonyl (C=O) groups excluding carboxylic acids is 2. The summed E-state index contributed by atoms with van der Waals surface area (Å²) in [6.45, 7) is 5.99. The molecule has 0 saturated carbocycles. The Morgan fingerprint density at radius 3 is 2.58 bits per heavy atom. The van der Waals surface area contributed by atoms with E-state index < -0.39 is 11.9 Å². The molecule has 1 atom stereocenters. The number of rotatable bonds is 9. The summed E-state index contributed by atoms with van der Waals surface area (Å²) in [6, 6.07) is 14.4. The molecular weight excluding hydrogens is 456 g/mol. The van der Waals surface area contributed by atoms with E-state index in [4.69, 9.17) is 11.6 Å². The van der Waals surface area contributed by atoms with Gasteiger partial charge in [-0.1, -0.05) is 72.8 Å². The lowest BCUT2D eigenvalue weighted by Crippen LogP contribution is -2.45. The molecule has 2 amide bonds. The zero-order valence-corrected chi connectivity index (χ0v) is 20.5. The summed E-state index contributed by atoms with van der Waals surface area (Å²) < 4.78 is 0. The van der Waals surface area contributed by atoms with E-state index in [2.05, 4.69) is 27.5 Å². The fourth-order valence-corrected chi connectivity index (χ4v) is 4.01. The predicted octanol–water partition coefficient (Wildman–Crippen LogP) is 5.23. The number of amides is 2. The van der Waals surface area contributed by atoms with Crippen LogP contribution in [-0.2, 0) is 11.2 Å². The molecule has 0 unspecified atom stereocenters. The van der Waals surface area contributed by atoms with Crippen molar-refractivity contribution in [3.8, 4) is 0 Å². The van der Waals surface area contributed by atoms with Gasteiger partial charge in [0.15, 0.2) is 10.9 Å². The average molecular weight is 483 g/mol. The minimum absolute atomic E-state index is 0.0582. The van der Waals surface area contributed by atoms with Crippen LogP contribution in [0.1, 0.15) is 40.5 Å². The second-order valence-corrected chi connectivity index (χ2v) is 9.12. The first-order valence-electron chi connectivity index (χ1n) is 10.8. The van der Waals surface area contributed by atoms with Gasteiger partial charge in [0.05, 0.1) is 11.2 Å². The number of nitrogens with one attached hydrogen (secondary N) is 2. The van der Waals surface area contributed by atoms with Gasteiger partial charge in [-0.3, -0.25) is 9.59 Å². The highest BCUT2D eigenvalue weighted by Gasteiger charge is 2.25. The summed E-state index contributed by atoms with van der Waals surface area (Å²) in [4.78, 5) is 34.8. The van der Waals surface area contributed by atoms with Crippen LogP contribution < -0.4 is 10.6 Å². The standard InChI is InChI=1S/C25H27ClN4O2S/c1-4-13-33-25-27-15-19(26)22(30-25)24(32)29-21(14-18-10-6-5-7-11-18)23(31)28-20-12-8-9-16(2)17(20)3/h5-12,15,21H,4,13-14H2,1-3H3,(H,28,31)(H,29,32)/t21-/m0/s1. The Morgan fingerprint density at radius 1 is 1.09 bits per heavy atom. The Labute approximate surface area is 203 Å². The third-order valence-corrected chi connectivity index (χ3v) is 6.48. The number of aryl methyl sites for hydroxylation is 1. The number of halogens is 1. The van der Waals surface area contributed by atoms with Crippen molar-refractivity contribution in [3.05, 3.63) is 82.1 Å². The van der Waals surface area contributed by atoms with Gasteiger partial charge in [-0.25, -0.2) is 9.97 Å². The summed E-state index contributed by atoms with van der Waals surface area (Å²) >= 11 is 7.67. The van der Waals surface area contributed by atoms with Crippen LogP contribution in [0.15, 0.2) is 59.9 Å². The van der Waals surface area contributed by atoms with E-state index in [-0.39, 0.29) is 16.6 Å². The molecule has 172 valence electrons. The van der Waals surface area contributed by atoms with Gasteiger partial charge in [0.25, 0.3) is 5.91 Å². The molecule has 0 radical (unpaired) electrons. The molecule has 3 rings (SSSR count). The Morgan fingerprint density at radius 2 is 1.85 bits per heavy atom. The van der Waals surface area contributed by atoms with Gasteiger partial charge >= 0.3 is 0 Å².